The van der Waals surface area contributed by atoms with Gasteiger partial charge in [-0.15, -0.1) is 0 Å². The molecule has 3 aliphatic carbocycles. The fourth-order valence-electron chi connectivity index (χ4n) is 8.58. The molecule has 6 aromatic carbocycles. The zero-order valence-electron chi connectivity index (χ0n) is 22.1. The van der Waals surface area contributed by atoms with E-state index in [0.717, 1.165) is 27.5 Å². The molecule has 0 fully saturated rings. The summed E-state index contributed by atoms with van der Waals surface area (Å²) in [6.07, 6.45) is 0. The number of furan rings is 1. The quantitative estimate of drug-likeness (QED) is 0.196. The SMILES string of the molecule is Brc1ccc(-c2cccc(-c3cccc4c3oc3ccccc34)c2)c2c1C1c3ccccc3C13c1ccccc1C23. The average Bonchev–Trinajstić information content (AvgIpc) is 3.49. The molecule has 3 atom stereocenters. The number of fused-ring (bicyclic) bond motifs is 10. The Morgan fingerprint density at radius 3 is 1.98 bits per heavy atom. The van der Waals surface area contributed by atoms with Gasteiger partial charge >= 0.3 is 0 Å². The second-order valence-electron chi connectivity index (χ2n) is 11.7. The number of hydrogen-bond donors (Lipinski definition) is 0. The highest BCUT2D eigenvalue weighted by molar-refractivity contribution is 9.10. The van der Waals surface area contributed by atoms with Crippen molar-refractivity contribution in [2.45, 2.75) is 17.3 Å². The highest BCUT2D eigenvalue weighted by Gasteiger charge is 2.70. The summed E-state index contributed by atoms with van der Waals surface area (Å²) in [6, 6.07) is 46.7. The van der Waals surface area contributed by atoms with E-state index in [4.69, 9.17) is 4.42 Å². The predicted molar refractivity (Wildman–Crippen MR) is 170 cm³/mol. The summed E-state index contributed by atoms with van der Waals surface area (Å²) in [6.45, 7) is 0. The van der Waals surface area contributed by atoms with Crippen LogP contribution in [0.5, 0.6) is 0 Å². The normalized spacial score (nSPS) is 20.9. The van der Waals surface area contributed by atoms with Crippen molar-refractivity contribution >= 4 is 37.9 Å². The van der Waals surface area contributed by atoms with Crippen molar-refractivity contribution in [3.63, 3.8) is 0 Å². The van der Waals surface area contributed by atoms with Gasteiger partial charge < -0.3 is 4.42 Å². The van der Waals surface area contributed by atoms with Gasteiger partial charge in [0.1, 0.15) is 11.2 Å². The van der Waals surface area contributed by atoms with Crippen LogP contribution in [0.3, 0.4) is 0 Å². The lowest BCUT2D eigenvalue weighted by molar-refractivity contribution is 0.332. The summed E-state index contributed by atoms with van der Waals surface area (Å²) in [5, 5.41) is 2.32. The first-order valence-corrected chi connectivity index (χ1v) is 15.1. The minimum absolute atomic E-state index is 0.0472. The van der Waals surface area contributed by atoms with Crippen LogP contribution in [0.25, 0.3) is 44.2 Å². The fourth-order valence-corrected chi connectivity index (χ4v) is 9.16. The molecule has 3 aliphatic rings. The molecule has 1 spiro atoms. The van der Waals surface area contributed by atoms with Gasteiger partial charge in [-0.25, -0.2) is 0 Å². The van der Waals surface area contributed by atoms with Crippen molar-refractivity contribution in [3.05, 3.63) is 165 Å². The van der Waals surface area contributed by atoms with E-state index in [1.165, 1.54) is 54.5 Å². The van der Waals surface area contributed by atoms with Crippen molar-refractivity contribution in [1.29, 1.82) is 0 Å². The molecule has 2 heteroatoms. The molecule has 0 radical (unpaired) electrons. The molecule has 0 aliphatic heterocycles. The summed E-state index contributed by atoms with van der Waals surface area (Å²) >= 11 is 4.01. The standard InChI is InChI=1S/C39H23BrO/c40-32-20-19-24(22-9-7-10-23(21-22)25-14-8-15-27-26-11-3-6-18-33(26)41-38(25)27)34-35(32)37-29-13-2-5-17-31(29)39(37)30-16-4-1-12-28(30)36(34)39/h1-21,36-37H. The van der Waals surface area contributed by atoms with Gasteiger partial charge in [-0.05, 0) is 68.3 Å². The van der Waals surface area contributed by atoms with Crippen LogP contribution in [0.15, 0.2) is 136 Å². The zero-order valence-corrected chi connectivity index (χ0v) is 23.7. The minimum atomic E-state index is 0.0472. The van der Waals surface area contributed by atoms with Crippen molar-refractivity contribution in [2.75, 3.05) is 0 Å². The Labute approximate surface area is 246 Å². The van der Waals surface area contributed by atoms with E-state index >= 15 is 0 Å². The van der Waals surface area contributed by atoms with Crippen LogP contribution in [0.4, 0.5) is 0 Å². The summed E-state index contributed by atoms with van der Waals surface area (Å²) in [5.74, 6) is 0.749. The van der Waals surface area contributed by atoms with Gasteiger partial charge in [0.15, 0.2) is 0 Å². The lowest BCUT2D eigenvalue weighted by Crippen LogP contribution is -2.52. The Bertz CT molecular complexity index is 2250. The maximum atomic E-state index is 6.42. The number of halogens is 1. The Morgan fingerprint density at radius 2 is 1.17 bits per heavy atom. The predicted octanol–water partition coefficient (Wildman–Crippen LogP) is 10.6. The molecule has 0 saturated carbocycles. The maximum Gasteiger partial charge on any atom is 0.143 e. The van der Waals surface area contributed by atoms with E-state index in [0.29, 0.717) is 11.8 Å². The second kappa shape index (κ2) is 7.66. The zero-order chi connectivity index (χ0) is 26.9. The topological polar surface area (TPSA) is 13.1 Å². The molecule has 1 aromatic heterocycles. The highest BCUT2D eigenvalue weighted by atomic mass is 79.9. The molecule has 0 saturated heterocycles. The van der Waals surface area contributed by atoms with Crippen LogP contribution in [0, 0.1) is 0 Å². The molecule has 41 heavy (non-hydrogen) atoms. The molecule has 1 heterocycles. The maximum absolute atomic E-state index is 6.42. The van der Waals surface area contributed by atoms with Crippen LogP contribution in [0.1, 0.15) is 45.2 Å². The molecule has 1 nitrogen and oxygen atoms in total. The van der Waals surface area contributed by atoms with Crippen LogP contribution >= 0.6 is 15.9 Å². The van der Waals surface area contributed by atoms with Crippen LogP contribution in [0.2, 0.25) is 0 Å². The number of rotatable bonds is 2. The molecular formula is C39H23BrO. The van der Waals surface area contributed by atoms with Crippen LogP contribution in [-0.2, 0) is 5.41 Å². The Balaban J connectivity index is 1.20. The van der Waals surface area contributed by atoms with Gasteiger partial charge in [0.2, 0.25) is 0 Å². The Hall–Kier alpha value is -4.40. The average molecular weight is 588 g/mol. The van der Waals surface area contributed by atoms with Gasteiger partial charge in [0.05, 0.1) is 0 Å². The van der Waals surface area contributed by atoms with E-state index in [-0.39, 0.29) is 5.41 Å². The Morgan fingerprint density at radius 1 is 0.537 bits per heavy atom. The van der Waals surface area contributed by atoms with E-state index in [9.17, 15) is 0 Å². The molecule has 3 unspecified atom stereocenters. The molecule has 0 N–H and O–H groups in total. The third-order valence-electron chi connectivity index (χ3n) is 10.0. The summed E-state index contributed by atoms with van der Waals surface area (Å²) in [5.41, 5.74) is 15.8. The van der Waals surface area contributed by atoms with Crippen LogP contribution < -0.4 is 0 Å². The molecular weight excluding hydrogens is 564 g/mol. The number of hydrogen-bond acceptors (Lipinski definition) is 1. The van der Waals surface area contributed by atoms with E-state index in [1.54, 1.807) is 0 Å². The second-order valence-corrected chi connectivity index (χ2v) is 12.5. The molecule has 0 bridgehead atoms. The van der Waals surface area contributed by atoms with Gasteiger partial charge in [-0.3, -0.25) is 0 Å². The first-order valence-electron chi connectivity index (χ1n) is 14.3. The molecule has 192 valence electrons. The lowest BCUT2D eigenvalue weighted by atomic mass is 9.43. The Kier molecular flexibility index (Phi) is 4.17. The van der Waals surface area contributed by atoms with E-state index in [2.05, 4.69) is 137 Å². The van der Waals surface area contributed by atoms with Crippen molar-refractivity contribution in [1.82, 2.24) is 0 Å². The summed E-state index contributed by atoms with van der Waals surface area (Å²) in [7, 11) is 0. The van der Waals surface area contributed by atoms with Crippen LogP contribution in [-0.4, -0.2) is 0 Å². The number of benzene rings is 6. The summed E-state index contributed by atoms with van der Waals surface area (Å²) < 4.78 is 7.64. The van der Waals surface area contributed by atoms with Gasteiger partial charge in [-0.2, -0.15) is 0 Å². The first-order chi connectivity index (χ1) is 20.3. The fraction of sp³-hybridized carbons (Fsp3) is 0.0769. The molecule has 0 amide bonds. The highest BCUT2D eigenvalue weighted by Crippen LogP contribution is 2.78. The van der Waals surface area contributed by atoms with E-state index < -0.39 is 0 Å². The van der Waals surface area contributed by atoms with Crippen molar-refractivity contribution in [3.8, 4) is 22.3 Å². The monoisotopic (exact) mass is 586 g/mol. The number of para-hydroxylation sites is 2. The largest absolute Gasteiger partial charge is 0.455 e. The first kappa shape index (κ1) is 22.3. The summed E-state index contributed by atoms with van der Waals surface area (Å²) in [4.78, 5) is 0. The van der Waals surface area contributed by atoms with E-state index in [1.807, 2.05) is 6.07 Å². The smallest absolute Gasteiger partial charge is 0.143 e. The third-order valence-corrected chi connectivity index (χ3v) is 10.7. The van der Waals surface area contributed by atoms with Gasteiger partial charge in [0.25, 0.3) is 0 Å². The lowest BCUT2D eigenvalue weighted by Gasteiger charge is -2.58. The van der Waals surface area contributed by atoms with Gasteiger partial charge in [0, 0.05) is 38.1 Å². The third kappa shape index (κ3) is 2.55. The van der Waals surface area contributed by atoms with Crippen molar-refractivity contribution in [2.24, 2.45) is 0 Å². The van der Waals surface area contributed by atoms with Crippen molar-refractivity contribution < 1.29 is 4.42 Å². The minimum Gasteiger partial charge on any atom is -0.455 e. The molecule has 10 rings (SSSR count). The molecule has 7 aromatic rings. The van der Waals surface area contributed by atoms with Gasteiger partial charge in [-0.1, -0.05) is 125 Å².